The first-order valence-corrected chi connectivity index (χ1v) is 4.37. The maximum absolute atomic E-state index is 10.6. The monoisotopic (exact) mass is 227 g/mol. The van der Waals surface area contributed by atoms with E-state index in [1.807, 2.05) is 31.1 Å². The van der Waals surface area contributed by atoms with E-state index in [0.29, 0.717) is 5.56 Å². The number of halogens is 1. The third-order valence-electron chi connectivity index (χ3n) is 1.62. The Kier molecular flexibility index (Phi) is 2.87. The van der Waals surface area contributed by atoms with Crippen molar-refractivity contribution in [2.45, 2.75) is 0 Å². The Balaban J connectivity index is 3.22. The van der Waals surface area contributed by atoms with E-state index < -0.39 is 0 Å². The molecule has 0 atom stereocenters. The van der Waals surface area contributed by atoms with Gasteiger partial charge in [-0.1, -0.05) is 12.1 Å². The minimum absolute atomic E-state index is 0.682. The molecule has 0 saturated carbocycles. The smallest absolute Gasteiger partial charge is 0.151 e. The van der Waals surface area contributed by atoms with E-state index in [0.717, 1.165) is 16.4 Å². The molecule has 0 unspecified atom stereocenters. The SMILES string of the molecule is CN(C)c1cccc(C=O)c1Br. The van der Waals surface area contributed by atoms with Crippen LogP contribution < -0.4 is 4.90 Å². The summed E-state index contributed by atoms with van der Waals surface area (Å²) < 4.78 is 0.852. The lowest BCUT2D eigenvalue weighted by Crippen LogP contribution is -2.09. The van der Waals surface area contributed by atoms with E-state index in [4.69, 9.17) is 0 Å². The number of rotatable bonds is 2. The molecule has 0 heterocycles. The van der Waals surface area contributed by atoms with Crippen LogP contribution in [0.4, 0.5) is 5.69 Å². The van der Waals surface area contributed by atoms with Crippen molar-refractivity contribution in [1.29, 1.82) is 0 Å². The molecule has 12 heavy (non-hydrogen) atoms. The third kappa shape index (κ3) is 1.67. The molecule has 0 bridgehead atoms. The highest BCUT2D eigenvalue weighted by molar-refractivity contribution is 9.10. The molecule has 0 saturated heterocycles. The summed E-state index contributed by atoms with van der Waals surface area (Å²) in [6.45, 7) is 0. The molecule has 1 aromatic carbocycles. The largest absolute Gasteiger partial charge is 0.377 e. The Labute approximate surface area is 80.3 Å². The van der Waals surface area contributed by atoms with E-state index in [1.165, 1.54) is 0 Å². The molecule has 0 aliphatic carbocycles. The first-order chi connectivity index (χ1) is 5.66. The number of anilines is 1. The molecule has 0 radical (unpaired) electrons. The van der Waals surface area contributed by atoms with E-state index in [-0.39, 0.29) is 0 Å². The fourth-order valence-electron chi connectivity index (χ4n) is 0.974. The molecule has 0 amide bonds. The van der Waals surface area contributed by atoms with E-state index >= 15 is 0 Å². The first kappa shape index (κ1) is 9.26. The summed E-state index contributed by atoms with van der Waals surface area (Å²) in [5, 5.41) is 0. The van der Waals surface area contributed by atoms with Gasteiger partial charge in [-0.25, -0.2) is 0 Å². The number of aldehydes is 1. The van der Waals surface area contributed by atoms with Crippen LogP contribution in [-0.4, -0.2) is 20.4 Å². The second kappa shape index (κ2) is 3.72. The molecule has 0 N–H and O–H groups in total. The predicted octanol–water partition coefficient (Wildman–Crippen LogP) is 2.33. The van der Waals surface area contributed by atoms with E-state index in [9.17, 15) is 4.79 Å². The van der Waals surface area contributed by atoms with Crippen LogP contribution in [0.25, 0.3) is 0 Å². The number of carbonyl (C=O) groups is 1. The van der Waals surface area contributed by atoms with Crippen LogP contribution in [-0.2, 0) is 0 Å². The summed E-state index contributed by atoms with van der Waals surface area (Å²) in [6.07, 6.45) is 0.844. The Morgan fingerprint density at radius 1 is 1.42 bits per heavy atom. The molecular weight excluding hydrogens is 218 g/mol. The maximum atomic E-state index is 10.6. The molecular formula is C9H10BrNO. The second-order valence-corrected chi connectivity index (χ2v) is 3.49. The van der Waals surface area contributed by atoms with Crippen molar-refractivity contribution in [2.75, 3.05) is 19.0 Å². The van der Waals surface area contributed by atoms with Crippen molar-refractivity contribution >= 4 is 27.9 Å². The number of nitrogens with zero attached hydrogens (tertiary/aromatic N) is 1. The highest BCUT2D eigenvalue weighted by Gasteiger charge is 2.04. The van der Waals surface area contributed by atoms with E-state index in [1.54, 1.807) is 6.07 Å². The van der Waals surface area contributed by atoms with Crippen LogP contribution in [0.5, 0.6) is 0 Å². The van der Waals surface area contributed by atoms with Crippen LogP contribution in [0.1, 0.15) is 10.4 Å². The fourth-order valence-corrected chi connectivity index (χ4v) is 1.69. The molecule has 0 spiro atoms. The predicted molar refractivity (Wildman–Crippen MR) is 53.9 cm³/mol. The van der Waals surface area contributed by atoms with Crippen LogP contribution >= 0.6 is 15.9 Å². The van der Waals surface area contributed by atoms with Gasteiger partial charge in [-0.05, 0) is 22.0 Å². The molecule has 0 aromatic heterocycles. The zero-order valence-corrected chi connectivity index (χ0v) is 8.63. The van der Waals surface area contributed by atoms with E-state index in [2.05, 4.69) is 15.9 Å². The number of carbonyl (C=O) groups excluding carboxylic acids is 1. The summed E-state index contributed by atoms with van der Waals surface area (Å²) in [5.41, 5.74) is 1.70. The summed E-state index contributed by atoms with van der Waals surface area (Å²) in [5.74, 6) is 0. The lowest BCUT2D eigenvalue weighted by molar-refractivity contribution is 0.112. The minimum Gasteiger partial charge on any atom is -0.377 e. The summed E-state index contributed by atoms with van der Waals surface area (Å²) in [7, 11) is 3.88. The Hall–Kier alpha value is -0.830. The Morgan fingerprint density at radius 2 is 2.08 bits per heavy atom. The lowest BCUT2D eigenvalue weighted by atomic mass is 10.2. The number of hydrogen-bond donors (Lipinski definition) is 0. The summed E-state index contributed by atoms with van der Waals surface area (Å²) in [4.78, 5) is 12.5. The average Bonchev–Trinajstić information content (AvgIpc) is 2.04. The third-order valence-corrected chi connectivity index (χ3v) is 2.48. The van der Waals surface area contributed by atoms with Crippen LogP contribution in [0, 0.1) is 0 Å². The van der Waals surface area contributed by atoms with Gasteiger partial charge >= 0.3 is 0 Å². The highest BCUT2D eigenvalue weighted by atomic mass is 79.9. The van der Waals surface area contributed by atoms with Crippen LogP contribution in [0.15, 0.2) is 22.7 Å². The quantitative estimate of drug-likeness (QED) is 0.724. The van der Waals surface area contributed by atoms with Gasteiger partial charge in [-0.15, -0.1) is 0 Å². The molecule has 0 aliphatic heterocycles. The van der Waals surface area contributed by atoms with Crippen molar-refractivity contribution in [3.8, 4) is 0 Å². The first-order valence-electron chi connectivity index (χ1n) is 3.58. The Morgan fingerprint density at radius 3 is 2.58 bits per heavy atom. The van der Waals surface area contributed by atoms with Crippen LogP contribution in [0.3, 0.4) is 0 Å². The van der Waals surface area contributed by atoms with Crippen molar-refractivity contribution < 1.29 is 4.79 Å². The van der Waals surface area contributed by atoms with Gasteiger partial charge in [0.05, 0.1) is 10.2 Å². The lowest BCUT2D eigenvalue weighted by Gasteiger charge is -2.14. The van der Waals surface area contributed by atoms with Gasteiger partial charge in [0.2, 0.25) is 0 Å². The Bertz CT molecular complexity index is 297. The van der Waals surface area contributed by atoms with Gasteiger partial charge in [-0.3, -0.25) is 4.79 Å². The second-order valence-electron chi connectivity index (χ2n) is 2.69. The number of benzene rings is 1. The molecule has 3 heteroatoms. The van der Waals surface area contributed by atoms with Gasteiger partial charge in [-0.2, -0.15) is 0 Å². The van der Waals surface area contributed by atoms with Gasteiger partial charge in [0, 0.05) is 19.7 Å². The fraction of sp³-hybridized carbons (Fsp3) is 0.222. The molecule has 1 rings (SSSR count). The van der Waals surface area contributed by atoms with Crippen molar-refractivity contribution in [3.05, 3.63) is 28.2 Å². The van der Waals surface area contributed by atoms with Crippen molar-refractivity contribution in [1.82, 2.24) is 0 Å². The molecule has 2 nitrogen and oxygen atoms in total. The standard InChI is InChI=1S/C9H10BrNO/c1-11(2)8-5-3-4-7(6-12)9(8)10/h3-6H,1-2H3. The molecule has 0 aliphatic rings. The summed E-state index contributed by atoms with van der Waals surface area (Å²) >= 11 is 3.37. The highest BCUT2D eigenvalue weighted by Crippen LogP contribution is 2.26. The normalized spacial score (nSPS) is 9.58. The molecule has 0 fully saturated rings. The van der Waals surface area contributed by atoms with Gasteiger partial charge in [0.15, 0.2) is 6.29 Å². The summed E-state index contributed by atoms with van der Waals surface area (Å²) in [6, 6.07) is 5.60. The van der Waals surface area contributed by atoms with Gasteiger partial charge < -0.3 is 4.90 Å². The maximum Gasteiger partial charge on any atom is 0.151 e. The average molecular weight is 228 g/mol. The van der Waals surface area contributed by atoms with Gasteiger partial charge in [0.25, 0.3) is 0 Å². The zero-order chi connectivity index (χ0) is 9.14. The molecule has 1 aromatic rings. The van der Waals surface area contributed by atoms with Gasteiger partial charge in [0.1, 0.15) is 0 Å². The van der Waals surface area contributed by atoms with Crippen molar-refractivity contribution in [2.24, 2.45) is 0 Å². The van der Waals surface area contributed by atoms with Crippen molar-refractivity contribution in [3.63, 3.8) is 0 Å². The zero-order valence-electron chi connectivity index (χ0n) is 7.04. The topological polar surface area (TPSA) is 20.3 Å². The molecule has 64 valence electrons. The number of hydrogen-bond acceptors (Lipinski definition) is 2. The minimum atomic E-state index is 0.682. The van der Waals surface area contributed by atoms with Crippen LogP contribution in [0.2, 0.25) is 0 Å².